The molecule has 0 aromatic heterocycles. The number of hydrogen-bond donors (Lipinski definition) is 1. The minimum Gasteiger partial charge on any atom is -0.497 e. The van der Waals surface area contributed by atoms with E-state index in [1.165, 1.54) is 5.56 Å². The fourth-order valence-corrected chi connectivity index (χ4v) is 2.12. The minimum absolute atomic E-state index is 0.220. The Morgan fingerprint density at radius 3 is 2.48 bits per heavy atom. The van der Waals surface area contributed by atoms with E-state index in [0.29, 0.717) is 0 Å². The van der Waals surface area contributed by atoms with Gasteiger partial charge in [-0.15, -0.1) is 0 Å². The molecule has 0 saturated heterocycles. The van der Waals surface area contributed by atoms with Crippen LogP contribution in [0.25, 0.3) is 0 Å². The van der Waals surface area contributed by atoms with Crippen LogP contribution in [0.15, 0.2) is 48.5 Å². The lowest BCUT2D eigenvalue weighted by Crippen LogP contribution is -2.06. The summed E-state index contributed by atoms with van der Waals surface area (Å²) in [6, 6.07) is 16.4. The van der Waals surface area contributed by atoms with Gasteiger partial charge in [0.25, 0.3) is 0 Å². The van der Waals surface area contributed by atoms with Crippen molar-refractivity contribution in [2.75, 3.05) is 19.0 Å². The fraction of sp³-hybridized carbons (Fsp3) is 0.333. The van der Waals surface area contributed by atoms with Gasteiger partial charge in [0, 0.05) is 17.8 Å². The molecule has 0 heterocycles. The van der Waals surface area contributed by atoms with Gasteiger partial charge in [-0.1, -0.05) is 25.1 Å². The summed E-state index contributed by atoms with van der Waals surface area (Å²) in [5, 5.41) is 3.49. The molecular formula is C18H23NO2. The second kappa shape index (κ2) is 7.58. The van der Waals surface area contributed by atoms with Crippen LogP contribution in [0.4, 0.5) is 5.69 Å². The first kappa shape index (κ1) is 15.2. The summed E-state index contributed by atoms with van der Waals surface area (Å²) in [6.07, 6.45) is 1.01. The Morgan fingerprint density at radius 2 is 1.81 bits per heavy atom. The third kappa shape index (κ3) is 4.42. The topological polar surface area (TPSA) is 30.5 Å². The minimum atomic E-state index is 0.220. The SMILES string of the molecule is CCCOc1cccc(NC(C)c2ccc(OC)cc2)c1. The molecule has 0 aliphatic carbocycles. The van der Waals surface area contributed by atoms with Crippen molar-refractivity contribution in [2.45, 2.75) is 26.3 Å². The lowest BCUT2D eigenvalue weighted by molar-refractivity contribution is 0.317. The van der Waals surface area contributed by atoms with Crippen molar-refractivity contribution in [1.29, 1.82) is 0 Å². The smallest absolute Gasteiger partial charge is 0.121 e. The molecule has 21 heavy (non-hydrogen) atoms. The van der Waals surface area contributed by atoms with Gasteiger partial charge in [-0.05, 0) is 43.2 Å². The van der Waals surface area contributed by atoms with Crippen LogP contribution in [0.1, 0.15) is 31.9 Å². The molecule has 2 aromatic rings. The van der Waals surface area contributed by atoms with E-state index in [2.05, 4.69) is 37.4 Å². The maximum atomic E-state index is 5.66. The Morgan fingerprint density at radius 1 is 1.05 bits per heavy atom. The van der Waals surface area contributed by atoms with E-state index in [0.717, 1.165) is 30.2 Å². The molecule has 0 spiro atoms. The first-order valence-electron chi connectivity index (χ1n) is 7.36. The van der Waals surface area contributed by atoms with Crippen LogP contribution in [0.2, 0.25) is 0 Å². The molecule has 1 N–H and O–H groups in total. The van der Waals surface area contributed by atoms with Crippen LogP contribution in [0.5, 0.6) is 11.5 Å². The van der Waals surface area contributed by atoms with Gasteiger partial charge in [0.1, 0.15) is 11.5 Å². The van der Waals surface area contributed by atoms with Crippen molar-refractivity contribution in [3.63, 3.8) is 0 Å². The van der Waals surface area contributed by atoms with Crippen LogP contribution < -0.4 is 14.8 Å². The highest BCUT2D eigenvalue weighted by molar-refractivity contribution is 5.50. The summed E-state index contributed by atoms with van der Waals surface area (Å²) in [4.78, 5) is 0. The molecule has 2 aromatic carbocycles. The zero-order valence-corrected chi connectivity index (χ0v) is 12.9. The molecule has 0 amide bonds. The van der Waals surface area contributed by atoms with Gasteiger partial charge in [0.15, 0.2) is 0 Å². The predicted molar refractivity (Wildman–Crippen MR) is 87.3 cm³/mol. The third-order valence-electron chi connectivity index (χ3n) is 3.31. The monoisotopic (exact) mass is 285 g/mol. The second-order valence-corrected chi connectivity index (χ2v) is 5.02. The van der Waals surface area contributed by atoms with E-state index >= 15 is 0 Å². The van der Waals surface area contributed by atoms with Gasteiger partial charge in [-0.2, -0.15) is 0 Å². The van der Waals surface area contributed by atoms with E-state index in [9.17, 15) is 0 Å². The second-order valence-electron chi connectivity index (χ2n) is 5.02. The van der Waals surface area contributed by atoms with E-state index in [1.54, 1.807) is 7.11 Å². The normalized spacial score (nSPS) is 11.8. The summed E-state index contributed by atoms with van der Waals surface area (Å²) in [6.45, 7) is 4.99. The summed E-state index contributed by atoms with van der Waals surface area (Å²) >= 11 is 0. The van der Waals surface area contributed by atoms with Crippen LogP contribution in [0.3, 0.4) is 0 Å². The summed E-state index contributed by atoms with van der Waals surface area (Å²) in [7, 11) is 1.68. The first-order valence-corrected chi connectivity index (χ1v) is 7.36. The van der Waals surface area contributed by atoms with Crippen molar-refractivity contribution in [1.82, 2.24) is 0 Å². The zero-order chi connectivity index (χ0) is 15.1. The Balaban J connectivity index is 2.02. The summed E-state index contributed by atoms with van der Waals surface area (Å²) in [5.41, 5.74) is 2.28. The molecule has 3 heteroatoms. The number of methoxy groups -OCH3 is 1. The van der Waals surface area contributed by atoms with Gasteiger partial charge in [0.05, 0.1) is 13.7 Å². The molecule has 0 aliphatic rings. The van der Waals surface area contributed by atoms with Crippen LogP contribution in [-0.4, -0.2) is 13.7 Å². The fourth-order valence-electron chi connectivity index (χ4n) is 2.12. The highest BCUT2D eigenvalue weighted by Gasteiger charge is 2.06. The maximum Gasteiger partial charge on any atom is 0.121 e. The Labute approximate surface area is 126 Å². The number of benzene rings is 2. The Kier molecular flexibility index (Phi) is 5.50. The molecule has 0 radical (unpaired) electrons. The molecule has 0 aliphatic heterocycles. The maximum absolute atomic E-state index is 5.66. The molecule has 1 atom stereocenters. The average molecular weight is 285 g/mol. The molecule has 0 bridgehead atoms. The largest absolute Gasteiger partial charge is 0.497 e. The number of anilines is 1. The zero-order valence-electron chi connectivity index (χ0n) is 12.9. The third-order valence-corrected chi connectivity index (χ3v) is 3.31. The first-order chi connectivity index (χ1) is 10.2. The van der Waals surface area contributed by atoms with Gasteiger partial charge in [-0.25, -0.2) is 0 Å². The highest BCUT2D eigenvalue weighted by Crippen LogP contribution is 2.24. The lowest BCUT2D eigenvalue weighted by Gasteiger charge is -2.17. The molecule has 3 nitrogen and oxygen atoms in total. The van der Waals surface area contributed by atoms with E-state index in [1.807, 2.05) is 30.3 Å². The number of ether oxygens (including phenoxy) is 2. The molecular weight excluding hydrogens is 262 g/mol. The quantitative estimate of drug-likeness (QED) is 0.802. The molecule has 1 unspecified atom stereocenters. The van der Waals surface area contributed by atoms with Crippen LogP contribution in [0, 0.1) is 0 Å². The highest BCUT2D eigenvalue weighted by atomic mass is 16.5. The number of nitrogens with one attached hydrogen (secondary N) is 1. The Hall–Kier alpha value is -2.16. The van der Waals surface area contributed by atoms with Gasteiger partial charge >= 0.3 is 0 Å². The van der Waals surface area contributed by atoms with Crippen molar-refractivity contribution in [3.05, 3.63) is 54.1 Å². The van der Waals surface area contributed by atoms with Gasteiger partial charge < -0.3 is 14.8 Å². The summed E-state index contributed by atoms with van der Waals surface area (Å²) in [5.74, 6) is 1.78. The molecule has 2 rings (SSSR count). The molecule has 0 saturated carbocycles. The lowest BCUT2D eigenvalue weighted by atomic mass is 10.1. The van der Waals surface area contributed by atoms with Crippen molar-refractivity contribution < 1.29 is 9.47 Å². The van der Waals surface area contributed by atoms with Gasteiger partial charge in [-0.3, -0.25) is 0 Å². The van der Waals surface area contributed by atoms with E-state index in [4.69, 9.17) is 9.47 Å². The van der Waals surface area contributed by atoms with E-state index in [-0.39, 0.29) is 6.04 Å². The van der Waals surface area contributed by atoms with E-state index < -0.39 is 0 Å². The van der Waals surface area contributed by atoms with Gasteiger partial charge in [0.2, 0.25) is 0 Å². The Bertz CT molecular complexity index is 551. The standard InChI is InChI=1S/C18H23NO2/c1-4-12-21-18-7-5-6-16(13-18)19-14(2)15-8-10-17(20-3)11-9-15/h5-11,13-14,19H,4,12H2,1-3H3. The van der Waals surface area contributed by atoms with Crippen molar-refractivity contribution in [3.8, 4) is 11.5 Å². The number of hydrogen-bond acceptors (Lipinski definition) is 3. The van der Waals surface area contributed by atoms with Crippen molar-refractivity contribution >= 4 is 5.69 Å². The van der Waals surface area contributed by atoms with Crippen LogP contribution >= 0.6 is 0 Å². The molecule has 0 fully saturated rings. The predicted octanol–water partition coefficient (Wildman–Crippen LogP) is 4.66. The molecule has 112 valence electrons. The van der Waals surface area contributed by atoms with Crippen LogP contribution in [-0.2, 0) is 0 Å². The van der Waals surface area contributed by atoms with Crippen molar-refractivity contribution in [2.24, 2.45) is 0 Å². The average Bonchev–Trinajstić information content (AvgIpc) is 2.53. The number of rotatable bonds is 7. The summed E-state index contributed by atoms with van der Waals surface area (Å²) < 4.78 is 10.8.